The predicted molar refractivity (Wildman–Crippen MR) is 85.2 cm³/mol. The summed E-state index contributed by atoms with van der Waals surface area (Å²) in [6, 6.07) is 4.56. The first-order valence-electron chi connectivity index (χ1n) is 7.47. The zero-order valence-corrected chi connectivity index (χ0v) is 13.0. The molecular formula is C16H14ClFN4O. The number of hydrogen-bond donors (Lipinski definition) is 0. The van der Waals surface area contributed by atoms with Gasteiger partial charge in [0.15, 0.2) is 11.4 Å². The summed E-state index contributed by atoms with van der Waals surface area (Å²) in [6.45, 7) is 1.66. The molecule has 0 unspecified atom stereocenters. The van der Waals surface area contributed by atoms with Gasteiger partial charge >= 0.3 is 0 Å². The Morgan fingerprint density at radius 2 is 2.09 bits per heavy atom. The number of aromatic nitrogens is 3. The topological polar surface area (TPSA) is 55.1 Å². The zero-order chi connectivity index (χ0) is 15.8. The lowest BCUT2D eigenvalue weighted by Gasteiger charge is -2.32. The van der Waals surface area contributed by atoms with E-state index in [1.54, 1.807) is 12.3 Å². The predicted octanol–water partition coefficient (Wildman–Crippen LogP) is 3.79. The van der Waals surface area contributed by atoms with Crippen molar-refractivity contribution in [2.45, 2.75) is 18.8 Å². The molecule has 3 aromatic rings. The van der Waals surface area contributed by atoms with Gasteiger partial charge in [-0.15, -0.1) is 0 Å². The highest BCUT2D eigenvalue weighted by atomic mass is 35.5. The second-order valence-corrected chi connectivity index (χ2v) is 6.07. The Bertz CT molecular complexity index is 845. The molecule has 0 N–H and O–H groups in total. The van der Waals surface area contributed by atoms with Crippen LogP contribution in [0.15, 0.2) is 35.2 Å². The fourth-order valence-electron chi connectivity index (χ4n) is 3.13. The smallest absolute Gasteiger partial charge is 0.170 e. The largest absolute Gasteiger partial charge is 0.356 e. The van der Waals surface area contributed by atoms with Gasteiger partial charge < -0.3 is 9.42 Å². The van der Waals surface area contributed by atoms with Crippen LogP contribution in [0.2, 0.25) is 5.02 Å². The standard InChI is InChI=1S/C16H14ClFN4O/c17-13-8-19-9-20-16(13)22-5-3-10(4-6-22)15-12-2-1-11(18)7-14(12)23-21-15/h1-2,7-10H,3-6H2. The van der Waals surface area contributed by atoms with Crippen LogP contribution in [-0.4, -0.2) is 28.2 Å². The Kier molecular flexibility index (Phi) is 3.61. The molecule has 23 heavy (non-hydrogen) atoms. The van der Waals surface area contributed by atoms with Crippen molar-refractivity contribution in [3.05, 3.63) is 47.3 Å². The number of hydrogen-bond acceptors (Lipinski definition) is 5. The molecule has 5 nitrogen and oxygen atoms in total. The molecule has 3 heterocycles. The molecule has 0 aliphatic carbocycles. The quantitative estimate of drug-likeness (QED) is 0.714. The third kappa shape index (κ3) is 2.63. The normalized spacial score (nSPS) is 16.2. The van der Waals surface area contributed by atoms with Crippen molar-refractivity contribution in [2.75, 3.05) is 18.0 Å². The molecule has 1 saturated heterocycles. The monoisotopic (exact) mass is 332 g/mol. The van der Waals surface area contributed by atoms with Gasteiger partial charge in [0.05, 0.1) is 11.9 Å². The molecule has 4 rings (SSSR count). The lowest BCUT2D eigenvalue weighted by Crippen LogP contribution is -2.33. The first-order chi connectivity index (χ1) is 11.2. The van der Waals surface area contributed by atoms with Gasteiger partial charge in [-0.2, -0.15) is 0 Å². The van der Waals surface area contributed by atoms with Gasteiger partial charge in [-0.1, -0.05) is 16.8 Å². The first kappa shape index (κ1) is 14.4. The lowest BCUT2D eigenvalue weighted by molar-refractivity contribution is 0.416. The van der Waals surface area contributed by atoms with E-state index in [9.17, 15) is 4.39 Å². The van der Waals surface area contributed by atoms with Crippen LogP contribution in [0.4, 0.5) is 10.2 Å². The Morgan fingerprint density at radius 3 is 2.87 bits per heavy atom. The molecule has 0 saturated carbocycles. The van der Waals surface area contributed by atoms with E-state index in [1.807, 2.05) is 0 Å². The maximum absolute atomic E-state index is 13.2. The molecule has 1 aliphatic heterocycles. The van der Waals surface area contributed by atoms with Crippen molar-refractivity contribution >= 4 is 28.4 Å². The summed E-state index contributed by atoms with van der Waals surface area (Å²) in [5.41, 5.74) is 1.41. The maximum atomic E-state index is 13.2. The number of halogens is 2. The lowest BCUT2D eigenvalue weighted by atomic mass is 9.91. The van der Waals surface area contributed by atoms with Crippen LogP contribution < -0.4 is 4.90 Å². The molecule has 0 amide bonds. The average Bonchev–Trinajstić information content (AvgIpc) is 2.98. The molecule has 0 atom stereocenters. The Labute approximate surface area is 137 Å². The third-order valence-electron chi connectivity index (χ3n) is 4.29. The Hall–Kier alpha value is -2.21. The molecule has 1 aliphatic rings. The number of fused-ring (bicyclic) bond motifs is 1. The third-order valence-corrected chi connectivity index (χ3v) is 4.56. The van der Waals surface area contributed by atoms with E-state index in [-0.39, 0.29) is 5.82 Å². The Balaban J connectivity index is 1.54. The molecule has 0 bridgehead atoms. The fourth-order valence-corrected chi connectivity index (χ4v) is 3.35. The minimum absolute atomic E-state index is 0.290. The van der Waals surface area contributed by atoms with E-state index in [1.165, 1.54) is 18.5 Å². The minimum atomic E-state index is -0.312. The van der Waals surface area contributed by atoms with Gasteiger partial charge in [0.1, 0.15) is 17.2 Å². The van der Waals surface area contributed by atoms with Crippen LogP contribution >= 0.6 is 11.6 Å². The van der Waals surface area contributed by atoms with E-state index in [4.69, 9.17) is 16.1 Å². The summed E-state index contributed by atoms with van der Waals surface area (Å²) in [5.74, 6) is 0.749. The van der Waals surface area contributed by atoms with E-state index in [0.29, 0.717) is 16.5 Å². The van der Waals surface area contributed by atoms with Crippen LogP contribution in [0, 0.1) is 5.82 Å². The van der Waals surface area contributed by atoms with Gasteiger partial charge in [0.25, 0.3) is 0 Å². The average molecular weight is 333 g/mol. The number of rotatable bonds is 2. The van der Waals surface area contributed by atoms with Crippen molar-refractivity contribution in [1.29, 1.82) is 0 Å². The van der Waals surface area contributed by atoms with Crippen LogP contribution in [0.1, 0.15) is 24.5 Å². The zero-order valence-electron chi connectivity index (χ0n) is 12.2. The molecule has 0 spiro atoms. The van der Waals surface area contributed by atoms with Crippen molar-refractivity contribution in [1.82, 2.24) is 15.1 Å². The highest BCUT2D eigenvalue weighted by molar-refractivity contribution is 6.32. The van der Waals surface area contributed by atoms with E-state index >= 15 is 0 Å². The van der Waals surface area contributed by atoms with Crippen LogP contribution in [0.5, 0.6) is 0 Å². The van der Waals surface area contributed by atoms with E-state index in [2.05, 4.69) is 20.0 Å². The minimum Gasteiger partial charge on any atom is -0.356 e. The van der Waals surface area contributed by atoms with E-state index < -0.39 is 0 Å². The second kappa shape index (κ2) is 5.77. The molecule has 118 valence electrons. The molecule has 0 radical (unpaired) electrons. The summed E-state index contributed by atoms with van der Waals surface area (Å²) < 4.78 is 18.5. The van der Waals surface area contributed by atoms with Crippen LogP contribution in [0.3, 0.4) is 0 Å². The number of anilines is 1. The van der Waals surface area contributed by atoms with Gasteiger partial charge in [0.2, 0.25) is 0 Å². The summed E-state index contributed by atoms with van der Waals surface area (Å²) in [4.78, 5) is 10.3. The molecular weight excluding hydrogens is 319 g/mol. The maximum Gasteiger partial charge on any atom is 0.170 e. The molecule has 1 fully saturated rings. The SMILES string of the molecule is Fc1ccc2c(C3CCN(c4ncncc4Cl)CC3)noc2c1. The van der Waals surface area contributed by atoms with Crippen molar-refractivity contribution < 1.29 is 8.91 Å². The summed E-state index contributed by atoms with van der Waals surface area (Å²) >= 11 is 6.16. The van der Waals surface area contributed by atoms with Crippen molar-refractivity contribution in [2.24, 2.45) is 0 Å². The van der Waals surface area contributed by atoms with E-state index in [0.717, 1.165) is 42.8 Å². The summed E-state index contributed by atoms with van der Waals surface area (Å²) in [5, 5.41) is 5.62. The second-order valence-electron chi connectivity index (χ2n) is 5.66. The highest BCUT2D eigenvalue weighted by Crippen LogP contribution is 2.34. The highest BCUT2D eigenvalue weighted by Gasteiger charge is 2.26. The molecule has 7 heteroatoms. The van der Waals surface area contributed by atoms with Crippen molar-refractivity contribution in [3.8, 4) is 0 Å². The fraction of sp³-hybridized carbons (Fsp3) is 0.312. The molecule has 2 aromatic heterocycles. The van der Waals surface area contributed by atoms with Crippen molar-refractivity contribution in [3.63, 3.8) is 0 Å². The van der Waals surface area contributed by atoms with Gasteiger partial charge in [-0.05, 0) is 25.0 Å². The Morgan fingerprint density at radius 1 is 1.26 bits per heavy atom. The number of nitrogens with zero attached hydrogens (tertiary/aromatic N) is 4. The summed E-state index contributed by atoms with van der Waals surface area (Å²) in [6.07, 6.45) is 4.95. The summed E-state index contributed by atoms with van der Waals surface area (Å²) in [7, 11) is 0. The first-order valence-corrected chi connectivity index (χ1v) is 7.85. The number of piperidine rings is 1. The van der Waals surface area contributed by atoms with Gasteiger partial charge in [-0.3, -0.25) is 0 Å². The van der Waals surface area contributed by atoms with Gasteiger partial charge in [0, 0.05) is 30.5 Å². The van der Waals surface area contributed by atoms with Gasteiger partial charge in [-0.25, -0.2) is 14.4 Å². The molecule has 1 aromatic carbocycles. The number of benzene rings is 1. The van der Waals surface area contributed by atoms with Crippen LogP contribution in [-0.2, 0) is 0 Å². The van der Waals surface area contributed by atoms with Crippen LogP contribution in [0.25, 0.3) is 11.0 Å².